The number of nitrogens with one attached hydrogen (secondary N) is 1. The van der Waals surface area contributed by atoms with Crippen LogP contribution in [0.2, 0.25) is 0 Å². The van der Waals surface area contributed by atoms with E-state index in [-0.39, 0.29) is 11.9 Å². The summed E-state index contributed by atoms with van der Waals surface area (Å²) in [7, 11) is 1.67. The fourth-order valence-corrected chi connectivity index (χ4v) is 2.22. The van der Waals surface area contributed by atoms with E-state index in [4.69, 9.17) is 0 Å². The lowest BCUT2D eigenvalue weighted by atomic mass is 9.97. The van der Waals surface area contributed by atoms with E-state index in [1.807, 2.05) is 0 Å². The summed E-state index contributed by atoms with van der Waals surface area (Å²) in [5, 5.41) is 2.98. The van der Waals surface area contributed by atoms with E-state index in [0.29, 0.717) is 12.0 Å². The maximum Gasteiger partial charge on any atom is 0.416 e. The summed E-state index contributed by atoms with van der Waals surface area (Å²) in [6, 6.07) is 10.9. The van der Waals surface area contributed by atoms with Crippen LogP contribution >= 0.6 is 0 Å². The highest BCUT2D eigenvalue weighted by atomic mass is 19.4. The Balaban J connectivity index is 2.25. The molecule has 0 fully saturated rings. The van der Waals surface area contributed by atoms with Gasteiger partial charge in [0.25, 0.3) is 0 Å². The lowest BCUT2D eigenvalue weighted by Crippen LogP contribution is -2.19. The van der Waals surface area contributed by atoms with Gasteiger partial charge >= 0.3 is 6.18 Å². The first kappa shape index (κ1) is 15.5. The van der Waals surface area contributed by atoms with Crippen molar-refractivity contribution in [2.45, 2.75) is 18.6 Å². The Labute approximate surface area is 120 Å². The molecular formula is C16H15F4N. The fraction of sp³-hybridized carbons (Fsp3) is 0.250. The molecular weight excluding hydrogens is 282 g/mol. The van der Waals surface area contributed by atoms with E-state index >= 15 is 0 Å². The highest BCUT2D eigenvalue weighted by molar-refractivity contribution is 5.30. The first-order valence-corrected chi connectivity index (χ1v) is 6.49. The highest BCUT2D eigenvalue weighted by Gasteiger charge is 2.30. The molecule has 0 radical (unpaired) electrons. The van der Waals surface area contributed by atoms with Crippen LogP contribution < -0.4 is 5.32 Å². The average molecular weight is 297 g/mol. The molecule has 0 bridgehead atoms. The molecule has 0 aliphatic carbocycles. The Morgan fingerprint density at radius 2 is 1.76 bits per heavy atom. The zero-order valence-electron chi connectivity index (χ0n) is 11.4. The van der Waals surface area contributed by atoms with E-state index in [1.54, 1.807) is 25.2 Å². The summed E-state index contributed by atoms with van der Waals surface area (Å²) in [6.45, 7) is 0. The third-order valence-electron chi connectivity index (χ3n) is 3.29. The Morgan fingerprint density at radius 1 is 1.05 bits per heavy atom. The van der Waals surface area contributed by atoms with Crippen LogP contribution in [0, 0.1) is 5.82 Å². The van der Waals surface area contributed by atoms with E-state index in [1.165, 1.54) is 18.2 Å². The maximum absolute atomic E-state index is 13.2. The van der Waals surface area contributed by atoms with Gasteiger partial charge in [-0.05, 0) is 48.9 Å². The van der Waals surface area contributed by atoms with Crippen molar-refractivity contribution in [3.63, 3.8) is 0 Å². The van der Waals surface area contributed by atoms with Gasteiger partial charge < -0.3 is 5.32 Å². The summed E-state index contributed by atoms with van der Waals surface area (Å²) >= 11 is 0. The first-order chi connectivity index (χ1) is 9.90. The number of likely N-dealkylation sites (N-methyl/N-ethyl adjacent to an activating group) is 1. The first-order valence-electron chi connectivity index (χ1n) is 6.49. The van der Waals surface area contributed by atoms with Crippen LogP contribution in [0.15, 0.2) is 48.5 Å². The zero-order valence-corrected chi connectivity index (χ0v) is 11.4. The predicted octanol–water partition coefficient (Wildman–Crippen LogP) is 4.35. The minimum atomic E-state index is -4.37. The molecule has 1 unspecified atom stereocenters. The van der Waals surface area contributed by atoms with Crippen molar-refractivity contribution in [3.05, 3.63) is 71.0 Å². The molecule has 2 aromatic rings. The second-order valence-corrected chi connectivity index (χ2v) is 4.80. The van der Waals surface area contributed by atoms with Gasteiger partial charge in [0.15, 0.2) is 0 Å². The lowest BCUT2D eigenvalue weighted by molar-refractivity contribution is -0.137. The van der Waals surface area contributed by atoms with Crippen molar-refractivity contribution >= 4 is 0 Å². The summed E-state index contributed by atoms with van der Waals surface area (Å²) in [4.78, 5) is 0. The number of alkyl halides is 3. The Kier molecular flexibility index (Phi) is 4.63. The van der Waals surface area contributed by atoms with Crippen LogP contribution in [0.3, 0.4) is 0 Å². The molecule has 2 aromatic carbocycles. The van der Waals surface area contributed by atoms with E-state index in [9.17, 15) is 17.6 Å². The van der Waals surface area contributed by atoms with Crippen molar-refractivity contribution in [1.82, 2.24) is 5.32 Å². The number of hydrogen-bond acceptors (Lipinski definition) is 1. The van der Waals surface area contributed by atoms with Crippen LogP contribution in [0.1, 0.15) is 22.7 Å². The monoisotopic (exact) mass is 297 g/mol. The Hall–Kier alpha value is -1.88. The second kappa shape index (κ2) is 6.26. The number of benzene rings is 2. The van der Waals surface area contributed by atoms with Crippen molar-refractivity contribution < 1.29 is 17.6 Å². The van der Waals surface area contributed by atoms with Gasteiger partial charge in [0, 0.05) is 6.04 Å². The van der Waals surface area contributed by atoms with Gasteiger partial charge in [-0.15, -0.1) is 0 Å². The third kappa shape index (κ3) is 4.04. The SMILES string of the molecule is CNC(Cc1cccc(F)c1)c1cccc(C(F)(F)F)c1. The van der Waals surface area contributed by atoms with Crippen LogP contribution in [0.5, 0.6) is 0 Å². The van der Waals surface area contributed by atoms with E-state index in [2.05, 4.69) is 5.32 Å². The average Bonchev–Trinajstić information content (AvgIpc) is 2.44. The molecule has 2 rings (SSSR count). The molecule has 5 heteroatoms. The second-order valence-electron chi connectivity index (χ2n) is 4.80. The molecule has 0 aliphatic heterocycles. The highest BCUT2D eigenvalue weighted by Crippen LogP contribution is 2.31. The molecule has 0 spiro atoms. The van der Waals surface area contributed by atoms with Gasteiger partial charge in [0.05, 0.1) is 5.56 Å². The zero-order chi connectivity index (χ0) is 15.5. The van der Waals surface area contributed by atoms with Crippen LogP contribution in [0.25, 0.3) is 0 Å². The lowest BCUT2D eigenvalue weighted by Gasteiger charge is -2.18. The smallest absolute Gasteiger partial charge is 0.313 e. The number of hydrogen-bond donors (Lipinski definition) is 1. The van der Waals surface area contributed by atoms with Crippen molar-refractivity contribution in [2.75, 3.05) is 7.05 Å². The molecule has 0 saturated heterocycles. The molecule has 0 saturated carbocycles. The van der Waals surface area contributed by atoms with E-state index in [0.717, 1.165) is 17.7 Å². The Bertz CT molecular complexity index is 607. The third-order valence-corrected chi connectivity index (χ3v) is 3.29. The van der Waals surface area contributed by atoms with Gasteiger partial charge in [-0.25, -0.2) is 4.39 Å². The molecule has 0 aliphatic rings. The number of rotatable bonds is 4. The maximum atomic E-state index is 13.2. The summed E-state index contributed by atoms with van der Waals surface area (Å²) in [5.74, 6) is -0.355. The molecule has 1 nitrogen and oxygen atoms in total. The molecule has 1 N–H and O–H groups in total. The molecule has 1 atom stereocenters. The van der Waals surface area contributed by atoms with Crippen molar-refractivity contribution in [3.8, 4) is 0 Å². The molecule has 112 valence electrons. The molecule has 0 heterocycles. The summed E-state index contributed by atoms with van der Waals surface area (Å²) in [6.07, 6.45) is -3.96. The fourth-order valence-electron chi connectivity index (χ4n) is 2.22. The topological polar surface area (TPSA) is 12.0 Å². The minimum Gasteiger partial charge on any atom is -0.313 e. The van der Waals surface area contributed by atoms with E-state index < -0.39 is 11.7 Å². The standard InChI is InChI=1S/C16H15F4N/c1-21-15(9-11-4-2-7-14(17)8-11)12-5-3-6-13(10-12)16(18,19)20/h2-8,10,15,21H,9H2,1H3. The van der Waals surface area contributed by atoms with Crippen LogP contribution in [0.4, 0.5) is 17.6 Å². The van der Waals surface area contributed by atoms with Crippen LogP contribution in [-0.4, -0.2) is 7.05 Å². The van der Waals surface area contributed by atoms with Crippen molar-refractivity contribution in [1.29, 1.82) is 0 Å². The predicted molar refractivity (Wildman–Crippen MR) is 73.3 cm³/mol. The summed E-state index contributed by atoms with van der Waals surface area (Å²) < 4.78 is 51.4. The van der Waals surface area contributed by atoms with Crippen molar-refractivity contribution in [2.24, 2.45) is 0 Å². The normalized spacial score (nSPS) is 13.2. The largest absolute Gasteiger partial charge is 0.416 e. The van der Waals surface area contributed by atoms with Gasteiger partial charge in [0.2, 0.25) is 0 Å². The Morgan fingerprint density at radius 3 is 2.38 bits per heavy atom. The van der Waals surface area contributed by atoms with Gasteiger partial charge in [-0.1, -0.05) is 24.3 Å². The number of halogens is 4. The molecule has 21 heavy (non-hydrogen) atoms. The van der Waals surface area contributed by atoms with Crippen LogP contribution in [-0.2, 0) is 12.6 Å². The van der Waals surface area contributed by atoms with Gasteiger partial charge in [-0.3, -0.25) is 0 Å². The molecule has 0 aromatic heterocycles. The summed E-state index contributed by atoms with van der Waals surface area (Å²) in [5.41, 5.74) is 0.572. The molecule has 0 amide bonds. The van der Waals surface area contributed by atoms with Gasteiger partial charge in [-0.2, -0.15) is 13.2 Å². The van der Waals surface area contributed by atoms with Gasteiger partial charge in [0.1, 0.15) is 5.82 Å². The quantitative estimate of drug-likeness (QED) is 0.827. The minimum absolute atomic E-state index is 0.311.